The molecule has 0 bridgehead atoms. The van der Waals surface area contributed by atoms with E-state index in [1.54, 1.807) is 0 Å². The Morgan fingerprint density at radius 2 is 2.00 bits per heavy atom. The summed E-state index contributed by atoms with van der Waals surface area (Å²) < 4.78 is 5.59. The molecular weight excluding hydrogens is 200 g/mol. The van der Waals surface area contributed by atoms with Gasteiger partial charge in [-0.1, -0.05) is 6.92 Å². The smallest absolute Gasteiger partial charge is 0.0521 e. The van der Waals surface area contributed by atoms with Crippen molar-refractivity contribution in [3.63, 3.8) is 0 Å². The fourth-order valence-corrected chi connectivity index (χ4v) is 2.89. The molecule has 0 amide bonds. The molecule has 3 heteroatoms. The molecular formula is C13H26N2O. The van der Waals surface area contributed by atoms with Gasteiger partial charge in [0.2, 0.25) is 0 Å². The standard InChI is InChI=1S/C13H26N2O/c1-10-6-11(10)7-15(3)8-12-9-16-5-4-13(12)14-2/h10-14H,4-9H2,1-3H3. The molecule has 2 aliphatic rings. The van der Waals surface area contributed by atoms with Gasteiger partial charge in [0.15, 0.2) is 0 Å². The van der Waals surface area contributed by atoms with E-state index in [9.17, 15) is 0 Å². The lowest BCUT2D eigenvalue weighted by Gasteiger charge is -2.34. The van der Waals surface area contributed by atoms with E-state index >= 15 is 0 Å². The van der Waals surface area contributed by atoms with Gasteiger partial charge in [-0.3, -0.25) is 0 Å². The number of hydrogen-bond donors (Lipinski definition) is 1. The predicted octanol–water partition coefficient (Wildman–Crippen LogP) is 1.20. The maximum atomic E-state index is 5.59. The highest BCUT2D eigenvalue weighted by Crippen LogP contribution is 2.38. The van der Waals surface area contributed by atoms with Gasteiger partial charge in [0, 0.05) is 31.7 Å². The largest absolute Gasteiger partial charge is 0.381 e. The molecule has 1 N–H and O–H groups in total. The molecule has 0 aromatic rings. The summed E-state index contributed by atoms with van der Waals surface area (Å²) in [5, 5.41) is 3.43. The maximum absolute atomic E-state index is 5.59. The van der Waals surface area contributed by atoms with Crippen molar-refractivity contribution in [3.8, 4) is 0 Å². The molecule has 1 aliphatic carbocycles. The highest BCUT2D eigenvalue weighted by atomic mass is 16.5. The van der Waals surface area contributed by atoms with Crippen LogP contribution >= 0.6 is 0 Å². The molecule has 0 aromatic carbocycles. The van der Waals surface area contributed by atoms with Crippen LogP contribution in [-0.4, -0.2) is 51.3 Å². The third-order valence-corrected chi connectivity index (χ3v) is 4.21. The lowest BCUT2D eigenvalue weighted by molar-refractivity contribution is 0.0211. The van der Waals surface area contributed by atoms with E-state index in [1.165, 1.54) is 19.5 Å². The van der Waals surface area contributed by atoms with E-state index in [0.29, 0.717) is 12.0 Å². The average Bonchev–Trinajstić information content (AvgIpc) is 2.94. The van der Waals surface area contributed by atoms with Crippen LogP contribution in [0, 0.1) is 17.8 Å². The number of ether oxygens (including phenoxy) is 1. The molecule has 1 saturated heterocycles. The molecule has 2 fully saturated rings. The van der Waals surface area contributed by atoms with Crippen molar-refractivity contribution in [3.05, 3.63) is 0 Å². The molecule has 1 saturated carbocycles. The summed E-state index contributed by atoms with van der Waals surface area (Å²) in [6.45, 7) is 6.66. The first-order valence-corrected chi connectivity index (χ1v) is 6.64. The van der Waals surface area contributed by atoms with Gasteiger partial charge >= 0.3 is 0 Å². The topological polar surface area (TPSA) is 24.5 Å². The first-order chi connectivity index (χ1) is 7.70. The molecule has 4 unspecified atom stereocenters. The summed E-state index contributed by atoms with van der Waals surface area (Å²) in [5.41, 5.74) is 0. The Balaban J connectivity index is 1.73. The quantitative estimate of drug-likeness (QED) is 0.762. The average molecular weight is 226 g/mol. The molecule has 3 nitrogen and oxygen atoms in total. The lowest BCUT2D eigenvalue weighted by atomic mass is 9.95. The summed E-state index contributed by atoms with van der Waals surface area (Å²) in [5.74, 6) is 2.59. The van der Waals surface area contributed by atoms with Gasteiger partial charge in [-0.2, -0.15) is 0 Å². The van der Waals surface area contributed by atoms with E-state index in [1.807, 2.05) is 0 Å². The zero-order valence-electron chi connectivity index (χ0n) is 10.9. The summed E-state index contributed by atoms with van der Waals surface area (Å²) in [6, 6.07) is 0.646. The van der Waals surface area contributed by atoms with Crippen molar-refractivity contribution in [1.82, 2.24) is 10.2 Å². The van der Waals surface area contributed by atoms with E-state index in [0.717, 1.165) is 31.5 Å². The van der Waals surface area contributed by atoms with Gasteiger partial charge in [0.1, 0.15) is 0 Å². The van der Waals surface area contributed by atoms with Gasteiger partial charge in [-0.05, 0) is 38.8 Å². The minimum atomic E-state index is 0.646. The van der Waals surface area contributed by atoms with Gasteiger partial charge in [-0.15, -0.1) is 0 Å². The number of hydrogen-bond acceptors (Lipinski definition) is 3. The molecule has 4 atom stereocenters. The molecule has 1 heterocycles. The third kappa shape index (κ3) is 3.19. The number of nitrogens with zero attached hydrogens (tertiary/aromatic N) is 1. The monoisotopic (exact) mass is 226 g/mol. The minimum Gasteiger partial charge on any atom is -0.381 e. The molecule has 0 aromatic heterocycles. The maximum Gasteiger partial charge on any atom is 0.0521 e. The minimum absolute atomic E-state index is 0.646. The zero-order chi connectivity index (χ0) is 11.5. The van der Waals surface area contributed by atoms with Gasteiger partial charge < -0.3 is 15.0 Å². The molecule has 2 rings (SSSR count). The zero-order valence-corrected chi connectivity index (χ0v) is 10.9. The van der Waals surface area contributed by atoms with Crippen molar-refractivity contribution in [2.45, 2.75) is 25.8 Å². The van der Waals surface area contributed by atoms with Crippen LogP contribution in [0.1, 0.15) is 19.8 Å². The summed E-state index contributed by atoms with van der Waals surface area (Å²) in [4.78, 5) is 2.50. The summed E-state index contributed by atoms with van der Waals surface area (Å²) >= 11 is 0. The second kappa shape index (κ2) is 5.48. The van der Waals surface area contributed by atoms with Crippen LogP contribution in [0.2, 0.25) is 0 Å². The third-order valence-electron chi connectivity index (χ3n) is 4.21. The molecule has 0 spiro atoms. The first-order valence-electron chi connectivity index (χ1n) is 6.64. The molecule has 16 heavy (non-hydrogen) atoms. The van der Waals surface area contributed by atoms with Crippen LogP contribution in [0.15, 0.2) is 0 Å². The van der Waals surface area contributed by atoms with Crippen LogP contribution in [0.5, 0.6) is 0 Å². The fourth-order valence-electron chi connectivity index (χ4n) is 2.89. The molecule has 1 aliphatic heterocycles. The lowest BCUT2D eigenvalue weighted by Crippen LogP contribution is -2.46. The van der Waals surface area contributed by atoms with Crippen LogP contribution in [0.4, 0.5) is 0 Å². The van der Waals surface area contributed by atoms with Crippen molar-refractivity contribution in [2.24, 2.45) is 17.8 Å². The second-order valence-electron chi connectivity index (χ2n) is 5.71. The van der Waals surface area contributed by atoms with E-state index < -0.39 is 0 Å². The fraction of sp³-hybridized carbons (Fsp3) is 1.00. The van der Waals surface area contributed by atoms with Crippen molar-refractivity contribution in [2.75, 3.05) is 40.4 Å². The number of nitrogens with one attached hydrogen (secondary N) is 1. The Morgan fingerprint density at radius 3 is 2.62 bits per heavy atom. The molecule has 94 valence electrons. The Bertz CT molecular complexity index is 222. The SMILES string of the molecule is CNC1CCOCC1CN(C)CC1CC1C. The second-order valence-corrected chi connectivity index (χ2v) is 5.71. The Morgan fingerprint density at radius 1 is 1.31 bits per heavy atom. The van der Waals surface area contributed by atoms with E-state index in [2.05, 4.69) is 31.2 Å². The van der Waals surface area contributed by atoms with Gasteiger partial charge in [0.25, 0.3) is 0 Å². The summed E-state index contributed by atoms with van der Waals surface area (Å²) in [7, 11) is 4.33. The normalized spacial score (nSPS) is 39.0. The van der Waals surface area contributed by atoms with Gasteiger partial charge in [-0.25, -0.2) is 0 Å². The Kier molecular flexibility index (Phi) is 4.22. The molecule has 0 radical (unpaired) electrons. The Hall–Kier alpha value is -0.120. The predicted molar refractivity (Wildman–Crippen MR) is 66.5 cm³/mol. The van der Waals surface area contributed by atoms with Crippen LogP contribution < -0.4 is 5.32 Å². The Labute approximate surface area is 99.5 Å². The number of rotatable bonds is 5. The van der Waals surface area contributed by atoms with Crippen molar-refractivity contribution < 1.29 is 4.74 Å². The van der Waals surface area contributed by atoms with Crippen LogP contribution in [0.25, 0.3) is 0 Å². The highest BCUT2D eigenvalue weighted by Gasteiger charge is 2.34. The van der Waals surface area contributed by atoms with Crippen molar-refractivity contribution in [1.29, 1.82) is 0 Å². The van der Waals surface area contributed by atoms with E-state index in [-0.39, 0.29) is 0 Å². The van der Waals surface area contributed by atoms with E-state index in [4.69, 9.17) is 4.74 Å². The highest BCUT2D eigenvalue weighted by molar-refractivity contribution is 4.86. The first kappa shape index (κ1) is 12.3. The van der Waals surface area contributed by atoms with Crippen molar-refractivity contribution >= 4 is 0 Å². The van der Waals surface area contributed by atoms with Gasteiger partial charge in [0.05, 0.1) is 6.61 Å². The van der Waals surface area contributed by atoms with Crippen LogP contribution in [0.3, 0.4) is 0 Å². The summed E-state index contributed by atoms with van der Waals surface area (Å²) in [6.07, 6.45) is 2.59. The van der Waals surface area contributed by atoms with Crippen LogP contribution in [-0.2, 0) is 4.74 Å².